The van der Waals surface area contributed by atoms with E-state index in [1.807, 2.05) is 0 Å². The van der Waals surface area contributed by atoms with E-state index < -0.39 is 31.0 Å². The maximum absolute atomic E-state index is 9.46. The van der Waals surface area contributed by atoms with Crippen LogP contribution >= 0.6 is 0 Å². The molecule has 0 bridgehead atoms. The standard InChI is InChI=1S/C10H21NO6/c1-2-17-4-3-11-5-7(13)9(15)10(16)8(14)6-12/h2,7-16H,1,3-6H2/t7-,8+,9+,10+/m0/s1. The van der Waals surface area contributed by atoms with Crippen molar-refractivity contribution in [2.75, 3.05) is 26.3 Å². The van der Waals surface area contributed by atoms with Crippen LogP contribution in [0.1, 0.15) is 0 Å². The third kappa shape index (κ3) is 6.57. The molecule has 17 heavy (non-hydrogen) atoms. The van der Waals surface area contributed by atoms with Crippen molar-refractivity contribution in [2.24, 2.45) is 0 Å². The van der Waals surface area contributed by atoms with Crippen molar-refractivity contribution in [3.8, 4) is 0 Å². The Morgan fingerprint density at radius 1 is 1.12 bits per heavy atom. The number of aliphatic hydroxyl groups is 5. The second kappa shape index (κ2) is 9.34. The number of nitrogens with one attached hydrogen (secondary N) is 1. The summed E-state index contributed by atoms with van der Waals surface area (Å²) in [6.45, 7) is 3.49. The van der Waals surface area contributed by atoms with Gasteiger partial charge in [-0.2, -0.15) is 0 Å². The zero-order valence-electron chi connectivity index (χ0n) is 9.57. The van der Waals surface area contributed by atoms with E-state index in [1.54, 1.807) is 0 Å². The number of hydrogen-bond acceptors (Lipinski definition) is 7. The highest BCUT2D eigenvalue weighted by Crippen LogP contribution is 2.04. The molecule has 0 spiro atoms. The van der Waals surface area contributed by atoms with Crippen molar-refractivity contribution >= 4 is 0 Å². The van der Waals surface area contributed by atoms with Gasteiger partial charge in [-0.25, -0.2) is 0 Å². The molecule has 0 unspecified atom stereocenters. The van der Waals surface area contributed by atoms with E-state index in [9.17, 15) is 15.3 Å². The summed E-state index contributed by atoms with van der Waals surface area (Å²) >= 11 is 0. The average molecular weight is 251 g/mol. The Morgan fingerprint density at radius 3 is 2.24 bits per heavy atom. The van der Waals surface area contributed by atoms with Gasteiger partial charge in [0, 0.05) is 13.1 Å². The van der Waals surface area contributed by atoms with Crippen LogP contribution < -0.4 is 5.32 Å². The van der Waals surface area contributed by atoms with Crippen LogP contribution in [0.3, 0.4) is 0 Å². The fraction of sp³-hybridized carbons (Fsp3) is 0.800. The van der Waals surface area contributed by atoms with Gasteiger partial charge in [0.05, 0.1) is 25.6 Å². The molecule has 0 saturated heterocycles. The van der Waals surface area contributed by atoms with Gasteiger partial charge in [-0.3, -0.25) is 0 Å². The molecule has 0 fully saturated rings. The number of rotatable bonds is 10. The lowest BCUT2D eigenvalue weighted by atomic mass is 10.0. The minimum absolute atomic E-state index is 0.0247. The van der Waals surface area contributed by atoms with Crippen LogP contribution in [0.2, 0.25) is 0 Å². The minimum Gasteiger partial charge on any atom is -0.500 e. The molecule has 0 heterocycles. The maximum atomic E-state index is 9.46. The van der Waals surface area contributed by atoms with Gasteiger partial charge in [0.15, 0.2) is 0 Å². The third-order valence-corrected chi connectivity index (χ3v) is 2.19. The van der Waals surface area contributed by atoms with E-state index in [2.05, 4.69) is 11.9 Å². The molecule has 0 aliphatic heterocycles. The lowest BCUT2D eigenvalue weighted by Crippen LogP contribution is -2.49. The Balaban J connectivity index is 3.80. The Kier molecular flexibility index (Phi) is 8.96. The van der Waals surface area contributed by atoms with Gasteiger partial charge in [0.2, 0.25) is 0 Å². The molecule has 0 rings (SSSR count). The maximum Gasteiger partial charge on any atom is 0.111 e. The van der Waals surface area contributed by atoms with E-state index in [0.29, 0.717) is 13.2 Å². The predicted octanol–water partition coefficient (Wildman–Crippen LogP) is -2.83. The molecule has 0 aromatic heterocycles. The van der Waals surface area contributed by atoms with E-state index in [1.165, 1.54) is 6.26 Å². The first kappa shape index (κ1) is 16.3. The molecule has 0 aliphatic rings. The molecule has 0 saturated carbocycles. The van der Waals surface area contributed by atoms with Gasteiger partial charge >= 0.3 is 0 Å². The fourth-order valence-corrected chi connectivity index (χ4v) is 1.15. The summed E-state index contributed by atoms with van der Waals surface area (Å²) < 4.78 is 4.81. The number of ether oxygens (including phenoxy) is 1. The molecule has 0 aromatic carbocycles. The zero-order chi connectivity index (χ0) is 13.3. The van der Waals surface area contributed by atoms with E-state index >= 15 is 0 Å². The third-order valence-electron chi connectivity index (χ3n) is 2.19. The Bertz CT molecular complexity index is 203. The summed E-state index contributed by atoms with van der Waals surface area (Å²) in [4.78, 5) is 0. The van der Waals surface area contributed by atoms with Crippen LogP contribution in [0, 0.1) is 0 Å². The van der Waals surface area contributed by atoms with Gasteiger partial charge in [-0.15, -0.1) is 0 Å². The van der Waals surface area contributed by atoms with Crippen molar-refractivity contribution in [2.45, 2.75) is 24.4 Å². The highest BCUT2D eigenvalue weighted by Gasteiger charge is 2.29. The molecule has 0 radical (unpaired) electrons. The smallest absolute Gasteiger partial charge is 0.111 e. The first-order valence-corrected chi connectivity index (χ1v) is 5.31. The van der Waals surface area contributed by atoms with Crippen LogP contribution in [-0.4, -0.2) is 76.3 Å². The normalized spacial score (nSPS) is 18.2. The summed E-state index contributed by atoms with van der Waals surface area (Å²) in [5.74, 6) is 0. The lowest BCUT2D eigenvalue weighted by Gasteiger charge is -2.25. The quantitative estimate of drug-likeness (QED) is 0.183. The van der Waals surface area contributed by atoms with Gasteiger partial charge in [0.1, 0.15) is 18.3 Å². The van der Waals surface area contributed by atoms with E-state index in [0.717, 1.165) is 0 Å². The molecule has 7 nitrogen and oxygen atoms in total. The highest BCUT2D eigenvalue weighted by molar-refractivity contribution is 4.81. The second-order valence-corrected chi connectivity index (χ2v) is 3.54. The predicted molar refractivity (Wildman–Crippen MR) is 60.1 cm³/mol. The van der Waals surface area contributed by atoms with Crippen molar-refractivity contribution in [3.05, 3.63) is 12.8 Å². The Labute approximate surface area is 100.0 Å². The molecular formula is C10H21NO6. The van der Waals surface area contributed by atoms with E-state index in [4.69, 9.17) is 14.9 Å². The average Bonchev–Trinajstić information content (AvgIpc) is 2.35. The SMILES string of the molecule is C=COCCNC[C@H](O)[C@@H](O)[C@H](O)[C@H](O)CO. The van der Waals surface area contributed by atoms with Crippen LogP contribution in [0.15, 0.2) is 12.8 Å². The number of hydrogen-bond donors (Lipinski definition) is 6. The molecule has 4 atom stereocenters. The summed E-state index contributed by atoms with van der Waals surface area (Å²) in [6.07, 6.45) is -4.58. The first-order valence-electron chi connectivity index (χ1n) is 5.31. The summed E-state index contributed by atoms with van der Waals surface area (Å²) in [5, 5.41) is 48.6. The largest absolute Gasteiger partial charge is 0.500 e. The van der Waals surface area contributed by atoms with Crippen LogP contribution in [0.5, 0.6) is 0 Å². The lowest BCUT2D eigenvalue weighted by molar-refractivity contribution is -0.114. The van der Waals surface area contributed by atoms with Crippen LogP contribution in [-0.2, 0) is 4.74 Å². The van der Waals surface area contributed by atoms with Crippen LogP contribution in [0.25, 0.3) is 0 Å². The molecule has 0 aromatic rings. The molecular weight excluding hydrogens is 230 g/mol. The summed E-state index contributed by atoms with van der Waals surface area (Å²) in [5.41, 5.74) is 0. The van der Waals surface area contributed by atoms with Crippen molar-refractivity contribution in [1.82, 2.24) is 5.32 Å². The minimum atomic E-state index is -1.60. The van der Waals surface area contributed by atoms with Gasteiger partial charge < -0.3 is 35.6 Å². The van der Waals surface area contributed by atoms with Gasteiger partial charge in [0.25, 0.3) is 0 Å². The number of aliphatic hydroxyl groups excluding tert-OH is 5. The second-order valence-electron chi connectivity index (χ2n) is 3.54. The van der Waals surface area contributed by atoms with Crippen molar-refractivity contribution < 1.29 is 30.3 Å². The Hall–Kier alpha value is -0.700. The monoisotopic (exact) mass is 251 g/mol. The molecule has 6 N–H and O–H groups in total. The zero-order valence-corrected chi connectivity index (χ0v) is 9.57. The molecule has 7 heteroatoms. The molecule has 102 valence electrons. The van der Waals surface area contributed by atoms with Crippen LogP contribution in [0.4, 0.5) is 0 Å². The fourth-order valence-electron chi connectivity index (χ4n) is 1.15. The summed E-state index contributed by atoms with van der Waals surface area (Å²) in [6, 6.07) is 0. The summed E-state index contributed by atoms with van der Waals surface area (Å²) in [7, 11) is 0. The first-order chi connectivity index (χ1) is 8.04. The van der Waals surface area contributed by atoms with Crippen molar-refractivity contribution in [1.29, 1.82) is 0 Å². The topological polar surface area (TPSA) is 122 Å². The van der Waals surface area contributed by atoms with Crippen molar-refractivity contribution in [3.63, 3.8) is 0 Å². The highest BCUT2D eigenvalue weighted by atomic mass is 16.5. The molecule has 0 amide bonds. The van der Waals surface area contributed by atoms with Gasteiger partial charge in [-0.1, -0.05) is 6.58 Å². The molecule has 0 aliphatic carbocycles. The van der Waals surface area contributed by atoms with E-state index in [-0.39, 0.29) is 6.54 Å². The Morgan fingerprint density at radius 2 is 1.71 bits per heavy atom. The van der Waals surface area contributed by atoms with Gasteiger partial charge in [-0.05, 0) is 0 Å².